The minimum atomic E-state index is 0.405. The van der Waals surface area contributed by atoms with Crippen LogP contribution in [0.15, 0.2) is 6.07 Å². The number of aromatic nitrogens is 2. The molecule has 1 saturated heterocycles. The van der Waals surface area contributed by atoms with Crippen LogP contribution in [0.1, 0.15) is 49.4 Å². The van der Waals surface area contributed by atoms with Crippen LogP contribution in [0.2, 0.25) is 0 Å². The maximum absolute atomic E-state index is 6.30. The van der Waals surface area contributed by atoms with E-state index in [-0.39, 0.29) is 0 Å². The molecule has 4 heteroatoms. The second kappa shape index (κ2) is 4.69. The maximum Gasteiger partial charge on any atom is 0.225 e. The molecule has 3 aliphatic rings. The number of piperidine rings is 1. The molecule has 1 unspecified atom stereocenters. The molecule has 2 heterocycles. The molecule has 0 spiro atoms. The Hall–Kier alpha value is -1.16. The Morgan fingerprint density at radius 3 is 2.40 bits per heavy atom. The van der Waals surface area contributed by atoms with Crippen molar-refractivity contribution in [2.75, 3.05) is 18.0 Å². The molecule has 0 radical (unpaired) electrons. The highest BCUT2D eigenvalue weighted by Gasteiger charge is 2.40. The van der Waals surface area contributed by atoms with Gasteiger partial charge in [0.05, 0.1) is 0 Å². The van der Waals surface area contributed by atoms with E-state index in [1.54, 1.807) is 0 Å². The predicted molar refractivity (Wildman–Crippen MR) is 79.8 cm³/mol. The van der Waals surface area contributed by atoms with Crippen LogP contribution in [0, 0.1) is 18.8 Å². The Bertz CT molecular complexity index is 497. The average molecular weight is 272 g/mol. The number of hydrogen-bond donors (Lipinski definition) is 1. The van der Waals surface area contributed by atoms with E-state index in [0.717, 1.165) is 24.7 Å². The summed E-state index contributed by atoms with van der Waals surface area (Å²) < 4.78 is 0. The van der Waals surface area contributed by atoms with Crippen LogP contribution in [0.4, 0.5) is 5.95 Å². The molecule has 4 rings (SSSR count). The number of rotatable bonds is 2. The summed E-state index contributed by atoms with van der Waals surface area (Å²) in [4.78, 5) is 12.0. The van der Waals surface area contributed by atoms with Gasteiger partial charge >= 0.3 is 0 Å². The lowest BCUT2D eigenvalue weighted by Crippen LogP contribution is -2.49. The normalized spacial score (nSPS) is 33.3. The Balaban J connectivity index is 1.60. The van der Waals surface area contributed by atoms with Crippen molar-refractivity contribution >= 4 is 5.95 Å². The fourth-order valence-electron chi connectivity index (χ4n) is 4.06. The summed E-state index contributed by atoms with van der Waals surface area (Å²) in [5, 5.41) is 0. The molecule has 1 aromatic heterocycles. The smallest absolute Gasteiger partial charge is 0.225 e. The monoisotopic (exact) mass is 272 g/mol. The van der Waals surface area contributed by atoms with E-state index in [4.69, 9.17) is 15.7 Å². The summed E-state index contributed by atoms with van der Waals surface area (Å²) in [6.07, 6.45) is 6.51. The number of aryl methyl sites for hydroxylation is 1. The molecular weight excluding hydrogens is 248 g/mol. The Kier molecular flexibility index (Phi) is 2.95. The van der Waals surface area contributed by atoms with Gasteiger partial charge in [-0.15, -0.1) is 0 Å². The van der Waals surface area contributed by atoms with Gasteiger partial charge in [-0.05, 0) is 50.5 Å². The van der Waals surface area contributed by atoms with Gasteiger partial charge < -0.3 is 10.6 Å². The fraction of sp³-hybridized carbons (Fsp3) is 0.750. The van der Waals surface area contributed by atoms with E-state index in [2.05, 4.69) is 17.9 Å². The first-order valence-electron chi connectivity index (χ1n) is 8.07. The van der Waals surface area contributed by atoms with Gasteiger partial charge in [0.15, 0.2) is 0 Å². The van der Waals surface area contributed by atoms with Crippen LogP contribution in [-0.4, -0.2) is 29.1 Å². The van der Waals surface area contributed by atoms with Crippen LogP contribution >= 0.6 is 0 Å². The average Bonchev–Trinajstić information content (AvgIpc) is 2.60. The lowest BCUT2D eigenvalue weighted by atomic mass is 9.82. The zero-order valence-electron chi connectivity index (χ0n) is 12.3. The van der Waals surface area contributed by atoms with E-state index >= 15 is 0 Å². The first kappa shape index (κ1) is 12.6. The standard InChI is InChI=1S/C16H24N4/c1-10-7-14(11-3-2-4-11)19-16(18-10)20-8-12-5-6-13(9-20)15(12)17/h7,11-13,15H,2-6,8-9,17H2,1H3/t12-,13+,15?. The van der Waals surface area contributed by atoms with Crippen LogP contribution in [0.25, 0.3) is 0 Å². The number of fused-ring (bicyclic) bond motifs is 2. The van der Waals surface area contributed by atoms with Gasteiger partial charge in [-0.25, -0.2) is 9.97 Å². The minimum Gasteiger partial charge on any atom is -0.340 e. The van der Waals surface area contributed by atoms with Gasteiger partial charge in [0.25, 0.3) is 0 Å². The summed E-state index contributed by atoms with van der Waals surface area (Å²) in [7, 11) is 0. The number of anilines is 1. The maximum atomic E-state index is 6.30. The van der Waals surface area contributed by atoms with Crippen molar-refractivity contribution in [3.63, 3.8) is 0 Å². The van der Waals surface area contributed by atoms with Crippen molar-refractivity contribution in [3.05, 3.63) is 17.5 Å². The second-order valence-corrected chi connectivity index (χ2v) is 6.94. The summed E-state index contributed by atoms with van der Waals surface area (Å²) >= 11 is 0. The summed E-state index contributed by atoms with van der Waals surface area (Å²) in [6.45, 7) is 4.19. The molecule has 0 aromatic carbocycles. The number of nitrogens with two attached hydrogens (primary N) is 1. The highest BCUT2D eigenvalue weighted by Crippen LogP contribution is 2.38. The van der Waals surface area contributed by atoms with Crippen molar-refractivity contribution in [1.82, 2.24) is 9.97 Å². The first-order chi connectivity index (χ1) is 9.70. The molecule has 2 bridgehead atoms. The lowest BCUT2D eigenvalue weighted by Gasteiger charge is -2.36. The summed E-state index contributed by atoms with van der Waals surface area (Å²) in [6, 6.07) is 2.58. The van der Waals surface area contributed by atoms with E-state index < -0.39 is 0 Å². The SMILES string of the molecule is Cc1cc(C2CCC2)nc(N2C[C@H]3CC[C@@H](C2)C3N)n1. The van der Waals surface area contributed by atoms with Crippen molar-refractivity contribution < 1.29 is 0 Å². The highest BCUT2D eigenvalue weighted by molar-refractivity contribution is 5.35. The molecule has 3 fully saturated rings. The van der Waals surface area contributed by atoms with Gasteiger partial charge in [-0.3, -0.25) is 0 Å². The van der Waals surface area contributed by atoms with Crippen molar-refractivity contribution in [1.29, 1.82) is 0 Å². The van der Waals surface area contributed by atoms with E-state index in [1.165, 1.54) is 37.8 Å². The van der Waals surface area contributed by atoms with Crippen molar-refractivity contribution in [3.8, 4) is 0 Å². The molecule has 2 saturated carbocycles. The Labute approximate surface area is 120 Å². The molecule has 2 N–H and O–H groups in total. The van der Waals surface area contributed by atoms with Crippen LogP contribution in [0.3, 0.4) is 0 Å². The minimum absolute atomic E-state index is 0.405. The van der Waals surface area contributed by atoms with Gasteiger partial charge in [-0.2, -0.15) is 0 Å². The Morgan fingerprint density at radius 1 is 1.10 bits per heavy atom. The number of nitrogens with zero attached hydrogens (tertiary/aromatic N) is 3. The lowest BCUT2D eigenvalue weighted by molar-refractivity contribution is 0.352. The second-order valence-electron chi connectivity index (χ2n) is 6.94. The molecule has 4 nitrogen and oxygen atoms in total. The van der Waals surface area contributed by atoms with E-state index in [9.17, 15) is 0 Å². The largest absolute Gasteiger partial charge is 0.340 e. The molecule has 2 aliphatic carbocycles. The third kappa shape index (κ3) is 2.01. The summed E-state index contributed by atoms with van der Waals surface area (Å²) in [5.41, 5.74) is 8.67. The molecular formula is C16H24N4. The topological polar surface area (TPSA) is 55.0 Å². The van der Waals surface area contributed by atoms with Crippen LogP contribution < -0.4 is 10.6 Å². The van der Waals surface area contributed by atoms with Gasteiger partial charge in [-0.1, -0.05) is 6.42 Å². The third-order valence-corrected chi connectivity index (χ3v) is 5.58. The van der Waals surface area contributed by atoms with Crippen LogP contribution in [0.5, 0.6) is 0 Å². The zero-order valence-corrected chi connectivity index (χ0v) is 12.3. The Morgan fingerprint density at radius 2 is 1.80 bits per heavy atom. The molecule has 1 aromatic rings. The van der Waals surface area contributed by atoms with E-state index in [0.29, 0.717) is 23.8 Å². The van der Waals surface area contributed by atoms with Gasteiger partial charge in [0, 0.05) is 36.4 Å². The quantitative estimate of drug-likeness (QED) is 0.897. The fourth-order valence-corrected chi connectivity index (χ4v) is 4.06. The zero-order chi connectivity index (χ0) is 13.7. The van der Waals surface area contributed by atoms with Crippen LogP contribution in [-0.2, 0) is 0 Å². The van der Waals surface area contributed by atoms with Gasteiger partial charge in [0.2, 0.25) is 5.95 Å². The molecule has 20 heavy (non-hydrogen) atoms. The number of hydrogen-bond acceptors (Lipinski definition) is 4. The highest BCUT2D eigenvalue weighted by atomic mass is 15.3. The molecule has 3 atom stereocenters. The predicted octanol–water partition coefficient (Wildman–Crippen LogP) is 2.23. The summed E-state index contributed by atoms with van der Waals surface area (Å²) in [5.74, 6) is 2.92. The third-order valence-electron chi connectivity index (χ3n) is 5.58. The van der Waals surface area contributed by atoms with Crippen molar-refractivity contribution in [2.45, 2.75) is 51.0 Å². The van der Waals surface area contributed by atoms with Gasteiger partial charge in [0.1, 0.15) is 0 Å². The molecule has 0 amide bonds. The molecule has 1 aliphatic heterocycles. The molecule has 108 valence electrons. The van der Waals surface area contributed by atoms with E-state index in [1.807, 2.05) is 0 Å². The first-order valence-corrected chi connectivity index (χ1v) is 8.07. The van der Waals surface area contributed by atoms with Crippen molar-refractivity contribution in [2.24, 2.45) is 17.6 Å².